The third kappa shape index (κ3) is 5.70. The zero-order valence-corrected chi connectivity index (χ0v) is 13.8. The van der Waals surface area contributed by atoms with Crippen molar-refractivity contribution in [2.75, 3.05) is 33.9 Å². The standard InChI is InChI=1S/C14H25N3O3S/c1-4-5-9-16(2)21(18,19)17(10-11-20-3)13-14-7-6-8-15-12-14/h6-8,12H,4-5,9-11,13H2,1-3H3. The molecule has 1 heterocycles. The van der Waals surface area contributed by atoms with Crippen LogP contribution in [0.25, 0.3) is 0 Å². The molecular weight excluding hydrogens is 290 g/mol. The fourth-order valence-electron chi connectivity index (χ4n) is 1.86. The molecule has 0 fully saturated rings. The summed E-state index contributed by atoms with van der Waals surface area (Å²) < 4.78 is 33.1. The van der Waals surface area contributed by atoms with Crippen molar-refractivity contribution in [2.24, 2.45) is 0 Å². The van der Waals surface area contributed by atoms with Gasteiger partial charge < -0.3 is 4.74 Å². The van der Waals surface area contributed by atoms with Gasteiger partial charge in [-0.15, -0.1) is 0 Å². The minimum absolute atomic E-state index is 0.302. The third-order valence-electron chi connectivity index (χ3n) is 3.17. The number of unbranched alkanes of at least 4 members (excludes halogenated alkanes) is 1. The molecule has 0 radical (unpaired) electrons. The fraction of sp³-hybridized carbons (Fsp3) is 0.643. The summed E-state index contributed by atoms with van der Waals surface area (Å²) in [5.41, 5.74) is 0.862. The summed E-state index contributed by atoms with van der Waals surface area (Å²) >= 11 is 0. The van der Waals surface area contributed by atoms with Crippen LogP contribution in [0.5, 0.6) is 0 Å². The number of hydrogen-bond donors (Lipinski definition) is 0. The molecule has 1 rings (SSSR count). The minimum Gasteiger partial charge on any atom is -0.383 e. The van der Waals surface area contributed by atoms with E-state index in [1.54, 1.807) is 32.6 Å². The summed E-state index contributed by atoms with van der Waals surface area (Å²) in [6.45, 7) is 3.55. The largest absolute Gasteiger partial charge is 0.383 e. The van der Waals surface area contributed by atoms with Gasteiger partial charge in [-0.05, 0) is 18.1 Å². The van der Waals surface area contributed by atoms with Crippen molar-refractivity contribution in [3.63, 3.8) is 0 Å². The lowest BCUT2D eigenvalue weighted by atomic mass is 10.3. The maximum absolute atomic E-state index is 12.6. The Morgan fingerprint density at radius 1 is 1.33 bits per heavy atom. The molecule has 0 N–H and O–H groups in total. The van der Waals surface area contributed by atoms with E-state index < -0.39 is 10.2 Å². The summed E-state index contributed by atoms with van der Waals surface area (Å²) in [4.78, 5) is 4.03. The molecule has 21 heavy (non-hydrogen) atoms. The van der Waals surface area contributed by atoms with E-state index in [9.17, 15) is 8.42 Å². The van der Waals surface area contributed by atoms with Crippen molar-refractivity contribution in [3.8, 4) is 0 Å². The molecule has 0 aliphatic carbocycles. The maximum Gasteiger partial charge on any atom is 0.282 e. The molecule has 0 atom stereocenters. The maximum atomic E-state index is 12.6. The Bertz CT molecular complexity index is 493. The molecule has 0 amide bonds. The number of pyridine rings is 1. The molecule has 0 saturated heterocycles. The second kappa shape index (κ2) is 9.09. The Labute approximate surface area is 127 Å². The van der Waals surface area contributed by atoms with Crippen LogP contribution in [0, 0.1) is 0 Å². The van der Waals surface area contributed by atoms with Gasteiger partial charge in [0.25, 0.3) is 10.2 Å². The summed E-state index contributed by atoms with van der Waals surface area (Å²) in [6, 6.07) is 3.67. The van der Waals surface area contributed by atoms with E-state index in [0.717, 1.165) is 18.4 Å². The Kier molecular flexibility index (Phi) is 7.81. The van der Waals surface area contributed by atoms with E-state index in [4.69, 9.17) is 4.74 Å². The van der Waals surface area contributed by atoms with Gasteiger partial charge in [0.2, 0.25) is 0 Å². The summed E-state index contributed by atoms with van der Waals surface area (Å²) in [5, 5.41) is 0. The van der Waals surface area contributed by atoms with Crippen molar-refractivity contribution in [3.05, 3.63) is 30.1 Å². The first kappa shape index (κ1) is 18.0. The van der Waals surface area contributed by atoms with Crippen LogP contribution in [0.2, 0.25) is 0 Å². The predicted molar refractivity (Wildman–Crippen MR) is 83.0 cm³/mol. The van der Waals surface area contributed by atoms with Gasteiger partial charge in [0.15, 0.2) is 0 Å². The van der Waals surface area contributed by atoms with Gasteiger partial charge in [-0.3, -0.25) is 4.98 Å². The highest BCUT2D eigenvalue weighted by Gasteiger charge is 2.26. The van der Waals surface area contributed by atoms with Gasteiger partial charge in [-0.2, -0.15) is 17.0 Å². The molecule has 120 valence electrons. The van der Waals surface area contributed by atoms with Crippen LogP contribution in [0.1, 0.15) is 25.3 Å². The van der Waals surface area contributed by atoms with E-state index in [1.165, 1.54) is 8.61 Å². The second-order valence-electron chi connectivity index (χ2n) is 4.87. The number of aromatic nitrogens is 1. The van der Waals surface area contributed by atoms with E-state index in [2.05, 4.69) is 4.98 Å². The van der Waals surface area contributed by atoms with Crippen LogP contribution in [0.4, 0.5) is 0 Å². The van der Waals surface area contributed by atoms with Crippen LogP contribution in [-0.2, 0) is 21.5 Å². The van der Waals surface area contributed by atoms with Crippen LogP contribution in [0.15, 0.2) is 24.5 Å². The first-order chi connectivity index (χ1) is 10.0. The Hall–Kier alpha value is -1.02. The van der Waals surface area contributed by atoms with E-state index in [-0.39, 0.29) is 0 Å². The topological polar surface area (TPSA) is 62.7 Å². The highest BCUT2D eigenvalue weighted by Crippen LogP contribution is 2.12. The van der Waals surface area contributed by atoms with Gasteiger partial charge >= 0.3 is 0 Å². The van der Waals surface area contributed by atoms with Crippen molar-refractivity contribution < 1.29 is 13.2 Å². The molecule has 0 aliphatic heterocycles. The molecule has 7 heteroatoms. The predicted octanol–water partition coefficient (Wildman–Crippen LogP) is 1.51. The van der Waals surface area contributed by atoms with Crippen LogP contribution < -0.4 is 0 Å². The van der Waals surface area contributed by atoms with E-state index in [0.29, 0.717) is 26.2 Å². The highest BCUT2D eigenvalue weighted by molar-refractivity contribution is 7.86. The molecule has 0 spiro atoms. The van der Waals surface area contributed by atoms with Gasteiger partial charge in [0.1, 0.15) is 0 Å². The summed E-state index contributed by atoms with van der Waals surface area (Å²) in [7, 11) is -0.301. The number of hydrogen-bond acceptors (Lipinski definition) is 4. The lowest BCUT2D eigenvalue weighted by molar-refractivity contribution is 0.174. The number of rotatable bonds is 10. The molecule has 0 unspecified atom stereocenters. The van der Waals surface area contributed by atoms with Crippen molar-refractivity contribution in [2.45, 2.75) is 26.3 Å². The summed E-state index contributed by atoms with van der Waals surface area (Å²) in [5.74, 6) is 0. The van der Waals surface area contributed by atoms with Crippen LogP contribution in [-0.4, -0.2) is 55.9 Å². The average molecular weight is 315 g/mol. The molecule has 0 saturated carbocycles. The number of ether oxygens (including phenoxy) is 1. The minimum atomic E-state index is -3.48. The van der Waals surface area contributed by atoms with Crippen LogP contribution >= 0.6 is 0 Å². The first-order valence-electron chi connectivity index (χ1n) is 7.11. The van der Waals surface area contributed by atoms with E-state index >= 15 is 0 Å². The Balaban J connectivity index is 2.84. The van der Waals surface area contributed by atoms with Gasteiger partial charge in [-0.1, -0.05) is 19.4 Å². The lowest BCUT2D eigenvalue weighted by Gasteiger charge is -2.27. The third-order valence-corrected chi connectivity index (χ3v) is 5.11. The molecule has 0 aliphatic rings. The van der Waals surface area contributed by atoms with Gasteiger partial charge in [0, 0.05) is 46.2 Å². The fourth-order valence-corrected chi connectivity index (χ4v) is 3.23. The van der Waals surface area contributed by atoms with E-state index in [1.807, 2.05) is 13.0 Å². The number of nitrogens with zero attached hydrogens (tertiary/aromatic N) is 3. The zero-order chi connectivity index (χ0) is 15.7. The Morgan fingerprint density at radius 2 is 2.10 bits per heavy atom. The first-order valence-corrected chi connectivity index (χ1v) is 8.51. The van der Waals surface area contributed by atoms with Gasteiger partial charge in [-0.25, -0.2) is 0 Å². The quantitative estimate of drug-likeness (QED) is 0.656. The molecular formula is C14H25N3O3S. The molecule has 0 aromatic carbocycles. The molecule has 1 aromatic rings. The smallest absolute Gasteiger partial charge is 0.282 e. The highest BCUT2D eigenvalue weighted by atomic mass is 32.2. The van der Waals surface area contributed by atoms with Crippen molar-refractivity contribution >= 4 is 10.2 Å². The number of methoxy groups -OCH3 is 1. The van der Waals surface area contributed by atoms with Crippen LogP contribution in [0.3, 0.4) is 0 Å². The van der Waals surface area contributed by atoms with Crippen molar-refractivity contribution in [1.82, 2.24) is 13.6 Å². The zero-order valence-electron chi connectivity index (χ0n) is 13.0. The molecule has 0 bridgehead atoms. The lowest BCUT2D eigenvalue weighted by Crippen LogP contribution is -2.43. The monoisotopic (exact) mass is 315 g/mol. The normalized spacial score (nSPS) is 12.2. The van der Waals surface area contributed by atoms with Crippen molar-refractivity contribution in [1.29, 1.82) is 0 Å². The summed E-state index contributed by atoms with van der Waals surface area (Å²) in [6.07, 6.45) is 5.16. The molecule has 1 aromatic heterocycles. The molecule has 6 nitrogen and oxygen atoms in total. The second-order valence-corrected chi connectivity index (χ2v) is 6.91. The average Bonchev–Trinajstić information content (AvgIpc) is 2.49. The SMILES string of the molecule is CCCCN(C)S(=O)(=O)N(CCOC)Cc1cccnc1. The van der Waals surface area contributed by atoms with Gasteiger partial charge in [0.05, 0.1) is 6.61 Å². The Morgan fingerprint density at radius 3 is 2.67 bits per heavy atom.